The van der Waals surface area contributed by atoms with Crippen molar-refractivity contribution in [1.29, 1.82) is 5.26 Å². The van der Waals surface area contributed by atoms with Crippen LogP contribution in [0.3, 0.4) is 0 Å². The predicted molar refractivity (Wildman–Crippen MR) is 110 cm³/mol. The highest BCUT2D eigenvalue weighted by Gasteiger charge is 2.17. The summed E-state index contributed by atoms with van der Waals surface area (Å²) in [5.74, 6) is -1.19. The molecule has 0 atom stereocenters. The number of aromatic nitrogens is 2. The quantitative estimate of drug-likeness (QED) is 0.619. The molecule has 1 N–H and O–H groups in total. The van der Waals surface area contributed by atoms with Gasteiger partial charge in [0, 0.05) is 43.2 Å². The first-order valence-corrected chi connectivity index (χ1v) is 9.40. The van der Waals surface area contributed by atoms with E-state index in [1.807, 2.05) is 12.1 Å². The van der Waals surface area contributed by atoms with Crippen LogP contribution < -0.4 is 10.2 Å². The van der Waals surface area contributed by atoms with Crippen molar-refractivity contribution < 1.29 is 14.0 Å². The largest absolute Gasteiger partial charge is 0.326 e. The number of para-hydroxylation sites is 1. The third kappa shape index (κ3) is 5.29. The molecule has 0 fully saturated rings. The minimum absolute atomic E-state index is 0.0278. The van der Waals surface area contributed by atoms with Crippen LogP contribution in [-0.2, 0) is 9.59 Å². The lowest BCUT2D eigenvalue weighted by molar-refractivity contribution is -0.122. The number of hydrogen-bond donors (Lipinski definition) is 1. The molecule has 1 heterocycles. The lowest BCUT2D eigenvalue weighted by Gasteiger charge is -2.21. The number of benzene rings is 2. The Balaban J connectivity index is 1.58. The van der Waals surface area contributed by atoms with Gasteiger partial charge in [-0.15, -0.1) is 0 Å². The molecular formula is C22H20FN5O2. The third-order valence-corrected chi connectivity index (χ3v) is 4.36. The summed E-state index contributed by atoms with van der Waals surface area (Å²) in [5.41, 5.74) is 1.24. The zero-order chi connectivity index (χ0) is 21.3. The number of amides is 2. The summed E-state index contributed by atoms with van der Waals surface area (Å²) >= 11 is 0. The standard InChI is InChI=1S/C22H20FN5O2/c23-19-16-17(8-9-20(19)28-15-5-13-25-28)26-21(29)10-11-22(30)27(14-4-12-24)18-6-2-1-3-7-18/h1-3,5-9,13,15-16H,4,10-11,14H2,(H,26,29). The smallest absolute Gasteiger partial charge is 0.227 e. The molecule has 0 unspecified atom stereocenters. The molecular weight excluding hydrogens is 385 g/mol. The van der Waals surface area contributed by atoms with Crippen LogP contribution in [0.25, 0.3) is 5.69 Å². The zero-order valence-electron chi connectivity index (χ0n) is 16.2. The summed E-state index contributed by atoms with van der Waals surface area (Å²) in [4.78, 5) is 26.3. The number of nitriles is 1. The Morgan fingerprint density at radius 3 is 2.60 bits per heavy atom. The van der Waals surface area contributed by atoms with Crippen LogP contribution in [0.4, 0.5) is 15.8 Å². The highest BCUT2D eigenvalue weighted by molar-refractivity contribution is 5.98. The fourth-order valence-electron chi connectivity index (χ4n) is 2.93. The summed E-state index contributed by atoms with van der Waals surface area (Å²) in [6.07, 6.45) is 3.26. The Labute approximate surface area is 173 Å². The number of carbonyl (C=O) groups excluding carboxylic acids is 2. The van der Waals surface area contributed by atoms with E-state index in [-0.39, 0.29) is 37.4 Å². The van der Waals surface area contributed by atoms with Crippen molar-refractivity contribution in [3.8, 4) is 11.8 Å². The molecule has 0 saturated heterocycles. The summed E-state index contributed by atoms with van der Waals surface area (Å²) in [7, 11) is 0. The summed E-state index contributed by atoms with van der Waals surface area (Å²) < 4.78 is 15.7. The van der Waals surface area contributed by atoms with Crippen LogP contribution in [0.2, 0.25) is 0 Å². The average molecular weight is 405 g/mol. The Morgan fingerprint density at radius 2 is 1.93 bits per heavy atom. The van der Waals surface area contributed by atoms with E-state index in [4.69, 9.17) is 5.26 Å². The second-order valence-corrected chi connectivity index (χ2v) is 6.45. The van der Waals surface area contributed by atoms with E-state index in [1.165, 1.54) is 21.7 Å². The predicted octanol–water partition coefficient (Wildman–Crippen LogP) is 3.68. The van der Waals surface area contributed by atoms with Crippen molar-refractivity contribution in [2.24, 2.45) is 0 Å². The summed E-state index contributed by atoms with van der Waals surface area (Å²) in [6.45, 7) is 0.251. The number of halogens is 1. The van der Waals surface area contributed by atoms with Crippen LogP contribution in [-0.4, -0.2) is 28.1 Å². The number of carbonyl (C=O) groups is 2. The van der Waals surface area contributed by atoms with E-state index in [0.717, 1.165) is 0 Å². The Kier molecular flexibility index (Phi) is 6.90. The minimum Gasteiger partial charge on any atom is -0.326 e. The van der Waals surface area contributed by atoms with Gasteiger partial charge in [-0.3, -0.25) is 9.59 Å². The molecule has 7 nitrogen and oxygen atoms in total. The maximum Gasteiger partial charge on any atom is 0.227 e. The Hall–Kier alpha value is -3.99. The molecule has 3 rings (SSSR count). The van der Waals surface area contributed by atoms with Crippen molar-refractivity contribution in [2.75, 3.05) is 16.8 Å². The van der Waals surface area contributed by atoms with Crippen LogP contribution in [0.1, 0.15) is 19.3 Å². The van der Waals surface area contributed by atoms with Crippen LogP contribution in [0.5, 0.6) is 0 Å². The number of anilines is 2. The molecule has 3 aromatic rings. The highest BCUT2D eigenvalue weighted by atomic mass is 19.1. The van der Waals surface area contributed by atoms with Crippen molar-refractivity contribution in [2.45, 2.75) is 19.3 Å². The first-order valence-electron chi connectivity index (χ1n) is 9.40. The minimum atomic E-state index is -0.528. The molecule has 8 heteroatoms. The molecule has 0 aliphatic heterocycles. The molecule has 2 amide bonds. The van der Waals surface area contributed by atoms with Gasteiger partial charge in [0.05, 0.1) is 12.5 Å². The molecule has 0 saturated carbocycles. The molecule has 2 aromatic carbocycles. The number of nitrogens with one attached hydrogen (secondary N) is 1. The van der Waals surface area contributed by atoms with Gasteiger partial charge in [-0.1, -0.05) is 18.2 Å². The second-order valence-electron chi connectivity index (χ2n) is 6.45. The van der Waals surface area contributed by atoms with Gasteiger partial charge >= 0.3 is 0 Å². The molecule has 0 radical (unpaired) electrons. The van der Waals surface area contributed by atoms with Gasteiger partial charge < -0.3 is 10.2 Å². The van der Waals surface area contributed by atoms with Crippen LogP contribution >= 0.6 is 0 Å². The van der Waals surface area contributed by atoms with E-state index < -0.39 is 11.7 Å². The average Bonchev–Trinajstić information content (AvgIpc) is 3.28. The van der Waals surface area contributed by atoms with Crippen LogP contribution in [0.15, 0.2) is 67.0 Å². The molecule has 1 aromatic heterocycles. The van der Waals surface area contributed by atoms with Gasteiger partial charge in [0.2, 0.25) is 11.8 Å². The monoisotopic (exact) mass is 405 g/mol. The van der Waals surface area contributed by atoms with E-state index in [9.17, 15) is 14.0 Å². The first kappa shape index (κ1) is 20.7. The summed E-state index contributed by atoms with van der Waals surface area (Å²) in [6, 6.07) is 17.0. The SMILES string of the molecule is N#CCCN(C(=O)CCC(=O)Nc1ccc(-n2cccn2)c(F)c1)c1ccccc1. The van der Waals surface area contributed by atoms with Gasteiger partial charge in [0.15, 0.2) is 5.82 Å². The molecule has 152 valence electrons. The molecule has 0 aliphatic rings. The van der Waals surface area contributed by atoms with Gasteiger partial charge in [-0.2, -0.15) is 10.4 Å². The first-order chi connectivity index (χ1) is 14.6. The highest BCUT2D eigenvalue weighted by Crippen LogP contribution is 2.19. The molecule has 0 aliphatic carbocycles. The molecule has 0 spiro atoms. The number of rotatable bonds is 8. The van der Waals surface area contributed by atoms with E-state index in [0.29, 0.717) is 11.4 Å². The number of nitrogens with zero attached hydrogens (tertiary/aromatic N) is 4. The van der Waals surface area contributed by atoms with E-state index in [2.05, 4.69) is 10.4 Å². The van der Waals surface area contributed by atoms with Gasteiger partial charge in [0.25, 0.3) is 0 Å². The van der Waals surface area contributed by atoms with Crippen molar-refractivity contribution in [3.63, 3.8) is 0 Å². The van der Waals surface area contributed by atoms with Crippen LogP contribution in [0, 0.1) is 17.1 Å². The third-order valence-electron chi connectivity index (χ3n) is 4.36. The van der Waals surface area contributed by atoms with E-state index >= 15 is 0 Å². The fourth-order valence-corrected chi connectivity index (χ4v) is 2.93. The van der Waals surface area contributed by atoms with Crippen molar-refractivity contribution >= 4 is 23.2 Å². The lowest BCUT2D eigenvalue weighted by atomic mass is 10.2. The van der Waals surface area contributed by atoms with Gasteiger partial charge in [0.1, 0.15) is 5.69 Å². The van der Waals surface area contributed by atoms with Crippen molar-refractivity contribution in [3.05, 3.63) is 72.8 Å². The normalized spacial score (nSPS) is 10.3. The Bertz CT molecular complexity index is 1050. The number of hydrogen-bond acceptors (Lipinski definition) is 4. The van der Waals surface area contributed by atoms with Gasteiger partial charge in [-0.05, 0) is 36.4 Å². The zero-order valence-corrected chi connectivity index (χ0v) is 16.2. The topological polar surface area (TPSA) is 91.0 Å². The lowest BCUT2D eigenvalue weighted by Crippen LogP contribution is -2.32. The second kappa shape index (κ2) is 9.98. The summed E-state index contributed by atoms with van der Waals surface area (Å²) in [5, 5.41) is 15.4. The fraction of sp³-hybridized carbons (Fsp3) is 0.182. The van der Waals surface area contributed by atoms with Crippen molar-refractivity contribution in [1.82, 2.24) is 9.78 Å². The maximum atomic E-state index is 14.3. The van der Waals surface area contributed by atoms with Gasteiger partial charge in [-0.25, -0.2) is 9.07 Å². The Morgan fingerprint density at radius 1 is 1.13 bits per heavy atom. The molecule has 0 bridgehead atoms. The maximum absolute atomic E-state index is 14.3. The van der Waals surface area contributed by atoms with E-state index in [1.54, 1.807) is 48.8 Å². The molecule has 30 heavy (non-hydrogen) atoms.